The second kappa shape index (κ2) is 4.54. The van der Waals surface area contributed by atoms with Gasteiger partial charge >= 0.3 is 0 Å². The molecule has 0 fully saturated rings. The van der Waals surface area contributed by atoms with Crippen molar-refractivity contribution < 1.29 is 4.79 Å². The van der Waals surface area contributed by atoms with Gasteiger partial charge in [-0.3, -0.25) is 4.79 Å². The monoisotopic (exact) mass is 251 g/mol. The Hall–Kier alpha value is -1.53. The van der Waals surface area contributed by atoms with Crippen LogP contribution in [0.4, 0.5) is 5.69 Å². The molecule has 0 aliphatic carbocycles. The lowest BCUT2D eigenvalue weighted by molar-refractivity contribution is 0.0997. The Labute approximate surface area is 101 Å². The lowest BCUT2D eigenvalue weighted by Crippen LogP contribution is -2.12. The third-order valence-electron chi connectivity index (χ3n) is 1.88. The molecule has 0 atom stereocenters. The molecule has 4 nitrogen and oxygen atoms in total. The number of nitrogens with zero attached hydrogens (tertiary/aromatic N) is 1. The highest BCUT2D eigenvalue weighted by Gasteiger charge is 2.10. The summed E-state index contributed by atoms with van der Waals surface area (Å²) in [6.07, 6.45) is 1.71. The molecule has 0 saturated heterocycles. The van der Waals surface area contributed by atoms with Crippen LogP contribution in [0.2, 0.25) is 0 Å². The molecular weight excluding hydrogens is 242 g/mol. The molecule has 0 radical (unpaired) electrons. The van der Waals surface area contributed by atoms with Gasteiger partial charge in [0.2, 0.25) is 5.91 Å². The Kier molecular flexibility index (Phi) is 3.12. The van der Waals surface area contributed by atoms with Crippen molar-refractivity contribution in [2.45, 2.75) is 9.24 Å². The molecule has 1 heterocycles. The van der Waals surface area contributed by atoms with Gasteiger partial charge in [0, 0.05) is 22.2 Å². The van der Waals surface area contributed by atoms with E-state index in [1.165, 1.54) is 23.1 Å². The topological polar surface area (TPSA) is 82.0 Å². The number of carbonyl (C=O) groups excluding carboxylic acids is 1. The number of carbonyl (C=O) groups is 1. The molecule has 82 valence electrons. The van der Waals surface area contributed by atoms with Crippen molar-refractivity contribution in [3.63, 3.8) is 0 Å². The van der Waals surface area contributed by atoms with Crippen molar-refractivity contribution in [2.24, 2.45) is 5.73 Å². The molecule has 0 spiro atoms. The number of anilines is 1. The summed E-state index contributed by atoms with van der Waals surface area (Å²) in [6, 6.07) is 5.02. The molecule has 4 N–H and O–H groups in total. The molecule has 0 aliphatic rings. The number of nitrogen functional groups attached to an aromatic ring is 1. The first-order valence-electron chi connectivity index (χ1n) is 4.43. The summed E-state index contributed by atoms with van der Waals surface area (Å²) >= 11 is 2.89. The van der Waals surface area contributed by atoms with Gasteiger partial charge in [-0.25, -0.2) is 4.98 Å². The summed E-state index contributed by atoms with van der Waals surface area (Å²) in [6.45, 7) is 0. The van der Waals surface area contributed by atoms with Gasteiger partial charge in [0.05, 0.1) is 5.56 Å². The SMILES string of the molecule is NC(=O)c1ccc(N)cc1Sc1nccs1. The van der Waals surface area contributed by atoms with E-state index in [1.807, 2.05) is 5.38 Å². The maximum atomic E-state index is 11.2. The minimum absolute atomic E-state index is 0.459. The first-order chi connectivity index (χ1) is 7.66. The van der Waals surface area contributed by atoms with Crippen molar-refractivity contribution in [1.29, 1.82) is 0 Å². The molecule has 0 unspecified atom stereocenters. The highest BCUT2D eigenvalue weighted by molar-refractivity contribution is 8.01. The second-order valence-electron chi connectivity index (χ2n) is 3.02. The number of rotatable bonds is 3. The van der Waals surface area contributed by atoms with Crippen LogP contribution in [0.1, 0.15) is 10.4 Å². The van der Waals surface area contributed by atoms with Crippen molar-refractivity contribution >= 4 is 34.7 Å². The van der Waals surface area contributed by atoms with Gasteiger partial charge in [-0.1, -0.05) is 11.8 Å². The number of hydrogen-bond donors (Lipinski definition) is 2. The van der Waals surface area contributed by atoms with E-state index in [0.717, 1.165) is 9.24 Å². The fourth-order valence-corrected chi connectivity index (χ4v) is 2.95. The lowest BCUT2D eigenvalue weighted by Gasteiger charge is -2.05. The summed E-state index contributed by atoms with van der Waals surface area (Å²) < 4.78 is 0.855. The molecule has 0 bridgehead atoms. The Morgan fingerprint density at radius 2 is 2.25 bits per heavy atom. The van der Waals surface area contributed by atoms with E-state index in [0.29, 0.717) is 11.3 Å². The molecule has 0 aliphatic heterocycles. The van der Waals surface area contributed by atoms with Crippen molar-refractivity contribution in [3.05, 3.63) is 35.3 Å². The van der Waals surface area contributed by atoms with Gasteiger partial charge in [-0.2, -0.15) is 0 Å². The van der Waals surface area contributed by atoms with Crippen LogP contribution in [0.3, 0.4) is 0 Å². The van der Waals surface area contributed by atoms with Crippen molar-refractivity contribution in [2.75, 3.05) is 5.73 Å². The summed E-state index contributed by atoms with van der Waals surface area (Å²) in [5.41, 5.74) is 12.0. The quantitative estimate of drug-likeness (QED) is 0.817. The van der Waals surface area contributed by atoms with E-state index in [-0.39, 0.29) is 0 Å². The zero-order valence-corrected chi connectivity index (χ0v) is 9.85. The highest BCUT2D eigenvalue weighted by Crippen LogP contribution is 2.32. The molecule has 16 heavy (non-hydrogen) atoms. The third kappa shape index (κ3) is 2.34. The standard InChI is InChI=1S/C10H9N3OS2/c11-6-1-2-7(9(12)14)8(5-6)16-10-13-3-4-15-10/h1-5H,11H2,(H2,12,14). The number of amides is 1. The van der Waals surface area contributed by atoms with Gasteiger partial charge < -0.3 is 11.5 Å². The minimum Gasteiger partial charge on any atom is -0.399 e. The van der Waals surface area contributed by atoms with Crippen LogP contribution in [-0.4, -0.2) is 10.9 Å². The van der Waals surface area contributed by atoms with Crippen LogP contribution >= 0.6 is 23.1 Å². The van der Waals surface area contributed by atoms with Gasteiger partial charge in [0.25, 0.3) is 0 Å². The van der Waals surface area contributed by atoms with E-state index >= 15 is 0 Å². The van der Waals surface area contributed by atoms with Crippen LogP contribution in [-0.2, 0) is 0 Å². The summed E-state index contributed by atoms with van der Waals surface area (Å²) in [5.74, 6) is -0.459. The van der Waals surface area contributed by atoms with Gasteiger partial charge in [-0.05, 0) is 18.2 Å². The average Bonchev–Trinajstić information content (AvgIpc) is 2.70. The van der Waals surface area contributed by atoms with Crippen LogP contribution < -0.4 is 11.5 Å². The van der Waals surface area contributed by atoms with Crippen LogP contribution in [0.15, 0.2) is 39.0 Å². The number of benzene rings is 1. The normalized spacial score (nSPS) is 10.2. The number of thiazole rings is 1. The molecule has 2 aromatic rings. The average molecular weight is 251 g/mol. The van der Waals surface area contributed by atoms with E-state index in [9.17, 15) is 4.79 Å². The second-order valence-corrected chi connectivity index (χ2v) is 5.20. The highest BCUT2D eigenvalue weighted by atomic mass is 32.2. The Balaban J connectivity index is 2.38. The van der Waals surface area contributed by atoms with E-state index in [1.54, 1.807) is 24.4 Å². The molecule has 2 rings (SSSR count). The number of primary amides is 1. The van der Waals surface area contributed by atoms with Crippen LogP contribution in [0, 0.1) is 0 Å². The summed E-state index contributed by atoms with van der Waals surface area (Å²) in [7, 11) is 0. The van der Waals surface area contributed by atoms with E-state index < -0.39 is 5.91 Å². The van der Waals surface area contributed by atoms with Crippen molar-refractivity contribution in [3.8, 4) is 0 Å². The third-order valence-corrected chi connectivity index (χ3v) is 3.82. The molecule has 1 aromatic carbocycles. The van der Waals surface area contributed by atoms with Crippen molar-refractivity contribution in [1.82, 2.24) is 4.98 Å². The first-order valence-corrected chi connectivity index (χ1v) is 6.13. The predicted octanol–water partition coefficient (Wildman–Crippen LogP) is 1.98. The summed E-state index contributed by atoms with van der Waals surface area (Å²) in [5, 5.41) is 1.87. The lowest BCUT2D eigenvalue weighted by atomic mass is 10.2. The maximum absolute atomic E-state index is 11.2. The van der Waals surface area contributed by atoms with Crippen LogP contribution in [0.5, 0.6) is 0 Å². The van der Waals surface area contributed by atoms with Gasteiger partial charge in [0.15, 0.2) is 4.34 Å². The number of aromatic nitrogens is 1. The minimum atomic E-state index is -0.459. The van der Waals surface area contributed by atoms with Crippen LogP contribution in [0.25, 0.3) is 0 Å². The molecular formula is C10H9N3OS2. The Morgan fingerprint density at radius 1 is 1.44 bits per heavy atom. The maximum Gasteiger partial charge on any atom is 0.249 e. The molecule has 1 amide bonds. The largest absolute Gasteiger partial charge is 0.399 e. The van der Waals surface area contributed by atoms with Gasteiger partial charge in [-0.15, -0.1) is 11.3 Å². The Bertz CT molecular complexity index is 511. The summed E-state index contributed by atoms with van der Waals surface area (Å²) in [4.78, 5) is 16.1. The number of hydrogen-bond acceptors (Lipinski definition) is 5. The molecule has 0 saturated carbocycles. The first kappa shape index (κ1) is 11.0. The molecule has 6 heteroatoms. The zero-order valence-electron chi connectivity index (χ0n) is 8.21. The zero-order chi connectivity index (χ0) is 11.5. The predicted molar refractivity (Wildman–Crippen MR) is 65.6 cm³/mol. The molecule has 1 aromatic heterocycles. The Morgan fingerprint density at radius 3 is 2.88 bits per heavy atom. The fourth-order valence-electron chi connectivity index (χ4n) is 1.18. The number of nitrogens with two attached hydrogens (primary N) is 2. The van der Waals surface area contributed by atoms with E-state index in [2.05, 4.69) is 4.98 Å². The smallest absolute Gasteiger partial charge is 0.249 e. The van der Waals surface area contributed by atoms with E-state index in [4.69, 9.17) is 11.5 Å². The fraction of sp³-hybridized carbons (Fsp3) is 0. The van der Waals surface area contributed by atoms with Gasteiger partial charge in [0.1, 0.15) is 0 Å².